The average Bonchev–Trinajstić information content (AvgIpc) is 3.28. The highest BCUT2D eigenvalue weighted by molar-refractivity contribution is 6.29. The molecule has 0 unspecified atom stereocenters. The fraction of sp³-hybridized carbons (Fsp3) is 0.0800. The van der Waals surface area contributed by atoms with E-state index in [-0.39, 0.29) is 22.9 Å². The van der Waals surface area contributed by atoms with Crippen molar-refractivity contribution in [1.82, 2.24) is 9.78 Å². The quantitative estimate of drug-likeness (QED) is 0.464. The van der Waals surface area contributed by atoms with Crippen molar-refractivity contribution in [2.24, 2.45) is 5.10 Å². The van der Waals surface area contributed by atoms with Gasteiger partial charge in [0.25, 0.3) is 5.91 Å². The summed E-state index contributed by atoms with van der Waals surface area (Å²) in [5.74, 6) is -2.62. The van der Waals surface area contributed by atoms with Gasteiger partial charge in [0, 0.05) is 0 Å². The predicted molar refractivity (Wildman–Crippen MR) is 128 cm³/mol. The van der Waals surface area contributed by atoms with Crippen molar-refractivity contribution < 1.29 is 29.7 Å². The van der Waals surface area contributed by atoms with Crippen LogP contribution in [0.1, 0.15) is 38.9 Å². The molecule has 0 aliphatic carbocycles. The van der Waals surface area contributed by atoms with Crippen LogP contribution in [-0.4, -0.2) is 48.7 Å². The number of carbonyl (C=O) groups is 3. The van der Waals surface area contributed by atoms with Gasteiger partial charge in [0.1, 0.15) is 0 Å². The number of allylic oxidation sites excluding steroid dienone is 2. The number of aromatic nitrogens is 2. The van der Waals surface area contributed by atoms with Gasteiger partial charge >= 0.3 is 11.9 Å². The van der Waals surface area contributed by atoms with Gasteiger partial charge in [-0.25, -0.2) is 14.3 Å². The van der Waals surface area contributed by atoms with Gasteiger partial charge in [0.2, 0.25) is 5.88 Å². The van der Waals surface area contributed by atoms with Crippen molar-refractivity contribution in [3.63, 3.8) is 0 Å². The highest BCUT2D eigenvalue weighted by Gasteiger charge is 2.28. The van der Waals surface area contributed by atoms with E-state index in [4.69, 9.17) is 10.2 Å². The van der Waals surface area contributed by atoms with Crippen LogP contribution in [0.3, 0.4) is 0 Å². The van der Waals surface area contributed by atoms with E-state index in [0.717, 1.165) is 0 Å². The number of amides is 1. The normalized spacial score (nSPS) is 14.7. The number of hydrogen-bond donors (Lipinski definition) is 3. The predicted octanol–water partition coefficient (Wildman–Crippen LogP) is 3.65. The molecule has 1 aromatic heterocycles. The monoisotopic (exact) mass is 472 g/mol. The molecule has 1 aliphatic heterocycles. The Labute approximate surface area is 199 Å². The van der Waals surface area contributed by atoms with Crippen LogP contribution in [0.4, 0.5) is 5.69 Å². The van der Waals surface area contributed by atoms with Gasteiger partial charge in [-0.2, -0.15) is 15.2 Å². The number of anilines is 1. The van der Waals surface area contributed by atoms with E-state index in [0.29, 0.717) is 33.9 Å². The Morgan fingerprint density at radius 2 is 1.43 bits per heavy atom. The van der Waals surface area contributed by atoms with Crippen LogP contribution in [-0.2, 0) is 4.79 Å². The molecule has 0 fully saturated rings. The molecule has 4 rings (SSSR count). The highest BCUT2D eigenvalue weighted by Crippen LogP contribution is 2.27. The van der Waals surface area contributed by atoms with Crippen molar-refractivity contribution in [3.05, 3.63) is 88.6 Å². The molecule has 0 spiro atoms. The summed E-state index contributed by atoms with van der Waals surface area (Å²) in [4.78, 5) is 34.9. The summed E-state index contributed by atoms with van der Waals surface area (Å²) >= 11 is 0. The smallest absolute Gasteiger partial charge is 0.335 e. The Morgan fingerprint density at radius 3 is 1.97 bits per heavy atom. The van der Waals surface area contributed by atoms with E-state index in [1.807, 2.05) is 0 Å². The molecule has 35 heavy (non-hydrogen) atoms. The molecule has 10 heteroatoms. The van der Waals surface area contributed by atoms with Gasteiger partial charge in [-0.1, -0.05) is 6.08 Å². The molecule has 0 atom stereocenters. The van der Waals surface area contributed by atoms with Gasteiger partial charge in [0.15, 0.2) is 0 Å². The SMILES string of the molecule is CC1=NN(c2ccc(C(=O)O)cc2)C(=O)/C1=C/C=C/c1c(C)nn(-c2ccc(C(=O)O)cc2)c1O. The third-order valence-corrected chi connectivity index (χ3v) is 5.39. The maximum absolute atomic E-state index is 12.9. The number of hydrogen-bond acceptors (Lipinski definition) is 6. The molecule has 0 saturated carbocycles. The van der Waals surface area contributed by atoms with Crippen LogP contribution in [0.25, 0.3) is 11.8 Å². The topological polar surface area (TPSA) is 145 Å². The summed E-state index contributed by atoms with van der Waals surface area (Å²) in [5.41, 5.74) is 2.95. The summed E-state index contributed by atoms with van der Waals surface area (Å²) in [5, 5.41) is 38.5. The fourth-order valence-corrected chi connectivity index (χ4v) is 3.52. The number of nitrogens with zero attached hydrogens (tertiary/aromatic N) is 4. The number of carboxylic acid groups (broad SMARTS) is 2. The van der Waals surface area contributed by atoms with Crippen LogP contribution in [0.2, 0.25) is 0 Å². The zero-order chi connectivity index (χ0) is 25.3. The number of carboxylic acids is 2. The third-order valence-electron chi connectivity index (χ3n) is 5.39. The van der Waals surface area contributed by atoms with Gasteiger partial charge in [-0.3, -0.25) is 4.79 Å². The highest BCUT2D eigenvalue weighted by atomic mass is 16.4. The van der Waals surface area contributed by atoms with E-state index in [9.17, 15) is 19.5 Å². The first kappa shape index (κ1) is 23.2. The summed E-state index contributed by atoms with van der Waals surface area (Å²) in [6.07, 6.45) is 4.78. The Hall–Kier alpha value is -4.99. The van der Waals surface area contributed by atoms with Gasteiger partial charge in [-0.05, 0) is 74.5 Å². The number of benzene rings is 2. The first-order chi connectivity index (χ1) is 16.7. The number of aryl methyl sites for hydroxylation is 1. The number of hydrazone groups is 1. The van der Waals surface area contributed by atoms with Crippen LogP contribution in [0.15, 0.2) is 71.4 Å². The Balaban J connectivity index is 1.55. The molecule has 0 radical (unpaired) electrons. The van der Waals surface area contributed by atoms with Crippen molar-refractivity contribution in [3.8, 4) is 11.6 Å². The Morgan fingerprint density at radius 1 is 0.886 bits per heavy atom. The van der Waals surface area contributed by atoms with Crippen molar-refractivity contribution in [2.45, 2.75) is 13.8 Å². The standard InChI is InChI=1S/C25H20N4O6/c1-14-20(22(30)28(26-14)18-10-6-16(7-11-18)24(32)33)4-3-5-21-15(2)27-29(23(21)31)19-12-8-17(9-13-19)25(34)35/h3-13,30H,1-2H3,(H,32,33)(H,34,35)/b4-3+,21-5+. The zero-order valence-electron chi connectivity index (χ0n) is 18.7. The maximum atomic E-state index is 12.9. The molecule has 2 heterocycles. The molecule has 2 aromatic carbocycles. The van der Waals surface area contributed by atoms with E-state index >= 15 is 0 Å². The fourth-order valence-electron chi connectivity index (χ4n) is 3.52. The second-order valence-electron chi connectivity index (χ2n) is 7.68. The van der Waals surface area contributed by atoms with Gasteiger partial charge in [-0.15, -0.1) is 0 Å². The van der Waals surface area contributed by atoms with E-state index < -0.39 is 11.9 Å². The first-order valence-electron chi connectivity index (χ1n) is 10.4. The van der Waals surface area contributed by atoms with Crippen LogP contribution < -0.4 is 5.01 Å². The lowest BCUT2D eigenvalue weighted by atomic mass is 10.1. The van der Waals surface area contributed by atoms with Crippen LogP contribution in [0.5, 0.6) is 5.88 Å². The number of aromatic hydroxyl groups is 1. The summed E-state index contributed by atoms with van der Waals surface area (Å²) in [6, 6.07) is 11.7. The van der Waals surface area contributed by atoms with E-state index in [2.05, 4.69) is 10.2 Å². The minimum atomic E-state index is -1.06. The third kappa shape index (κ3) is 4.44. The molecule has 0 saturated heterocycles. The first-order valence-corrected chi connectivity index (χ1v) is 10.4. The zero-order valence-corrected chi connectivity index (χ0v) is 18.7. The Bertz CT molecular complexity index is 1430. The minimum absolute atomic E-state index is 0.105. The minimum Gasteiger partial charge on any atom is -0.493 e. The lowest BCUT2D eigenvalue weighted by molar-refractivity contribution is -0.114. The van der Waals surface area contributed by atoms with Gasteiger partial charge in [0.05, 0.1) is 45.0 Å². The molecule has 3 aromatic rings. The van der Waals surface area contributed by atoms with Crippen molar-refractivity contribution in [1.29, 1.82) is 0 Å². The summed E-state index contributed by atoms with van der Waals surface area (Å²) in [7, 11) is 0. The Kier molecular flexibility index (Phi) is 6.03. The van der Waals surface area contributed by atoms with Crippen LogP contribution in [0, 0.1) is 6.92 Å². The average molecular weight is 472 g/mol. The van der Waals surface area contributed by atoms with Gasteiger partial charge < -0.3 is 15.3 Å². The molecule has 10 nitrogen and oxygen atoms in total. The van der Waals surface area contributed by atoms with Crippen molar-refractivity contribution in [2.75, 3.05) is 5.01 Å². The molecule has 1 amide bonds. The molecular weight excluding hydrogens is 452 g/mol. The molecule has 0 bridgehead atoms. The molecule has 1 aliphatic rings. The lowest BCUT2D eigenvalue weighted by Crippen LogP contribution is -2.21. The number of carbonyl (C=O) groups excluding carboxylic acids is 1. The van der Waals surface area contributed by atoms with E-state index in [1.165, 1.54) is 46.1 Å². The maximum Gasteiger partial charge on any atom is 0.335 e. The lowest BCUT2D eigenvalue weighted by Gasteiger charge is -2.11. The second kappa shape index (κ2) is 9.10. The van der Waals surface area contributed by atoms with E-state index in [1.54, 1.807) is 44.2 Å². The molecular formula is C25H20N4O6. The number of rotatable bonds is 6. The summed E-state index contributed by atoms with van der Waals surface area (Å²) < 4.78 is 1.30. The number of aromatic carboxylic acids is 2. The largest absolute Gasteiger partial charge is 0.493 e. The summed E-state index contributed by atoms with van der Waals surface area (Å²) in [6.45, 7) is 3.40. The molecule has 3 N–H and O–H groups in total. The van der Waals surface area contributed by atoms with Crippen LogP contribution >= 0.6 is 0 Å². The second-order valence-corrected chi connectivity index (χ2v) is 7.68. The van der Waals surface area contributed by atoms with Crippen molar-refractivity contribution >= 4 is 35.3 Å². The molecule has 176 valence electrons.